The van der Waals surface area contributed by atoms with Gasteiger partial charge in [-0.1, -0.05) is 18.2 Å². The summed E-state index contributed by atoms with van der Waals surface area (Å²) < 4.78 is 1.77. The van der Waals surface area contributed by atoms with Gasteiger partial charge in [0, 0.05) is 24.8 Å². The summed E-state index contributed by atoms with van der Waals surface area (Å²) in [4.78, 5) is 28.9. The molecule has 3 aromatic rings. The van der Waals surface area contributed by atoms with Gasteiger partial charge >= 0.3 is 0 Å². The molecule has 0 fully saturated rings. The molecule has 110 valence electrons. The highest BCUT2D eigenvalue weighted by atomic mass is 16.2. The molecule has 1 aromatic carbocycles. The molecule has 2 aromatic heterocycles. The number of pyridine rings is 2. The fourth-order valence-electron chi connectivity index (χ4n) is 2.33. The second-order valence-corrected chi connectivity index (χ2v) is 5.17. The number of nitrogens with one attached hydrogen (secondary N) is 1. The summed E-state index contributed by atoms with van der Waals surface area (Å²) in [5.41, 5.74) is 1.61. The number of fused-ring (bicyclic) bond motifs is 1. The lowest BCUT2D eigenvalue weighted by Gasteiger charge is -2.09. The fourth-order valence-corrected chi connectivity index (χ4v) is 2.33. The minimum Gasteiger partial charge on any atom is -0.350 e. The Labute approximate surface area is 127 Å². The number of amides is 1. The van der Waals surface area contributed by atoms with Gasteiger partial charge < -0.3 is 9.88 Å². The Morgan fingerprint density at radius 3 is 2.68 bits per heavy atom. The monoisotopic (exact) mass is 293 g/mol. The molecule has 0 spiro atoms. The zero-order valence-electron chi connectivity index (χ0n) is 12.3. The third-order valence-corrected chi connectivity index (χ3v) is 3.49. The van der Waals surface area contributed by atoms with E-state index in [-0.39, 0.29) is 11.0 Å². The van der Waals surface area contributed by atoms with Crippen molar-refractivity contribution in [2.75, 3.05) is 5.32 Å². The van der Waals surface area contributed by atoms with Gasteiger partial charge in [-0.05, 0) is 30.7 Å². The molecule has 3 rings (SSSR count). The highest BCUT2D eigenvalue weighted by Crippen LogP contribution is 2.11. The first kappa shape index (κ1) is 14.0. The van der Waals surface area contributed by atoms with E-state index in [1.54, 1.807) is 35.2 Å². The van der Waals surface area contributed by atoms with Crippen LogP contribution in [0.3, 0.4) is 0 Å². The smallest absolute Gasteiger partial charge is 0.262 e. The van der Waals surface area contributed by atoms with Crippen molar-refractivity contribution in [1.82, 2.24) is 9.55 Å². The second kappa shape index (κ2) is 5.44. The number of hydrogen-bond donors (Lipinski definition) is 1. The zero-order valence-corrected chi connectivity index (χ0v) is 12.3. The molecule has 1 N–H and O–H groups in total. The summed E-state index contributed by atoms with van der Waals surface area (Å²) in [6.45, 7) is 1.91. The average Bonchev–Trinajstić information content (AvgIpc) is 2.53. The van der Waals surface area contributed by atoms with Crippen LogP contribution in [-0.2, 0) is 7.05 Å². The maximum absolute atomic E-state index is 12.5. The average molecular weight is 293 g/mol. The van der Waals surface area contributed by atoms with Crippen LogP contribution in [0.4, 0.5) is 5.82 Å². The van der Waals surface area contributed by atoms with Crippen molar-refractivity contribution in [3.63, 3.8) is 0 Å². The molecule has 0 atom stereocenters. The van der Waals surface area contributed by atoms with Crippen molar-refractivity contribution in [3.05, 3.63) is 70.1 Å². The van der Waals surface area contributed by atoms with E-state index in [1.807, 2.05) is 32.2 Å². The number of aromatic nitrogens is 2. The fraction of sp³-hybridized carbons (Fsp3) is 0.118. The SMILES string of the molecule is Cc1ccc(NC(=O)c2cn(C)c3ccccc3c2=O)nc1. The molecular formula is C17H15N3O2. The van der Waals surface area contributed by atoms with E-state index in [0.29, 0.717) is 11.2 Å². The van der Waals surface area contributed by atoms with Gasteiger partial charge in [-0.15, -0.1) is 0 Å². The van der Waals surface area contributed by atoms with Crippen LogP contribution in [0.1, 0.15) is 15.9 Å². The molecule has 0 aliphatic rings. The Balaban J connectivity index is 2.02. The highest BCUT2D eigenvalue weighted by Gasteiger charge is 2.14. The molecule has 5 nitrogen and oxygen atoms in total. The summed E-state index contributed by atoms with van der Waals surface area (Å²) >= 11 is 0. The van der Waals surface area contributed by atoms with Gasteiger partial charge in [0.15, 0.2) is 0 Å². The molecule has 0 aliphatic carbocycles. The topological polar surface area (TPSA) is 64.0 Å². The summed E-state index contributed by atoms with van der Waals surface area (Å²) in [6, 6.07) is 10.8. The maximum atomic E-state index is 12.5. The van der Waals surface area contributed by atoms with Crippen LogP contribution < -0.4 is 10.7 Å². The van der Waals surface area contributed by atoms with Crippen LogP contribution in [0.5, 0.6) is 0 Å². The molecule has 0 saturated heterocycles. The Hall–Kier alpha value is -2.95. The largest absolute Gasteiger partial charge is 0.350 e. The number of hydrogen-bond acceptors (Lipinski definition) is 3. The van der Waals surface area contributed by atoms with Crippen LogP contribution in [0.25, 0.3) is 10.9 Å². The van der Waals surface area contributed by atoms with Crippen molar-refractivity contribution >= 4 is 22.6 Å². The molecule has 0 aliphatic heterocycles. The molecule has 0 saturated carbocycles. The van der Waals surface area contributed by atoms with Crippen LogP contribution in [0.15, 0.2) is 53.6 Å². The lowest BCUT2D eigenvalue weighted by Crippen LogP contribution is -2.23. The van der Waals surface area contributed by atoms with Gasteiger partial charge in [0.2, 0.25) is 5.43 Å². The highest BCUT2D eigenvalue weighted by molar-refractivity contribution is 6.05. The molecular weight excluding hydrogens is 278 g/mol. The minimum absolute atomic E-state index is 0.101. The van der Waals surface area contributed by atoms with Crippen molar-refractivity contribution in [2.45, 2.75) is 6.92 Å². The first-order valence-electron chi connectivity index (χ1n) is 6.88. The van der Waals surface area contributed by atoms with Crippen LogP contribution in [0.2, 0.25) is 0 Å². The number of benzene rings is 1. The Morgan fingerprint density at radius 1 is 1.18 bits per heavy atom. The number of aryl methyl sites for hydroxylation is 2. The predicted octanol–water partition coefficient (Wildman–Crippen LogP) is 2.49. The van der Waals surface area contributed by atoms with Gasteiger partial charge in [-0.2, -0.15) is 0 Å². The second-order valence-electron chi connectivity index (χ2n) is 5.17. The number of nitrogens with zero attached hydrogens (tertiary/aromatic N) is 2. The minimum atomic E-state index is -0.456. The molecule has 0 bridgehead atoms. The quantitative estimate of drug-likeness (QED) is 0.789. The standard InChI is InChI=1S/C17H15N3O2/c1-11-7-8-15(18-9-11)19-17(22)13-10-20(2)14-6-4-3-5-12(14)16(13)21/h3-10H,1-2H3,(H,18,19,22). The van der Waals surface area contributed by atoms with Crippen molar-refractivity contribution in [3.8, 4) is 0 Å². The summed E-state index contributed by atoms with van der Waals surface area (Å²) in [6.07, 6.45) is 3.21. The van der Waals surface area contributed by atoms with E-state index in [9.17, 15) is 9.59 Å². The molecule has 0 radical (unpaired) electrons. The van der Waals surface area contributed by atoms with E-state index in [0.717, 1.165) is 11.1 Å². The van der Waals surface area contributed by atoms with E-state index < -0.39 is 5.91 Å². The van der Waals surface area contributed by atoms with Crippen molar-refractivity contribution in [1.29, 1.82) is 0 Å². The number of rotatable bonds is 2. The van der Waals surface area contributed by atoms with Crippen LogP contribution in [0, 0.1) is 6.92 Å². The third-order valence-electron chi connectivity index (χ3n) is 3.49. The zero-order chi connectivity index (χ0) is 15.7. The van der Waals surface area contributed by atoms with Gasteiger partial charge in [0.25, 0.3) is 5.91 Å². The van der Waals surface area contributed by atoms with Gasteiger partial charge in [0.05, 0.1) is 5.52 Å². The summed E-state index contributed by atoms with van der Waals surface area (Å²) in [7, 11) is 1.81. The molecule has 22 heavy (non-hydrogen) atoms. The Kier molecular flexibility index (Phi) is 3.47. The number of para-hydroxylation sites is 1. The normalized spacial score (nSPS) is 10.6. The van der Waals surface area contributed by atoms with Crippen molar-refractivity contribution < 1.29 is 4.79 Å². The third kappa shape index (κ3) is 2.48. The van der Waals surface area contributed by atoms with Crippen molar-refractivity contribution in [2.24, 2.45) is 7.05 Å². The summed E-state index contributed by atoms with van der Waals surface area (Å²) in [5.74, 6) is -0.0338. The van der Waals surface area contributed by atoms with E-state index in [1.165, 1.54) is 0 Å². The summed E-state index contributed by atoms with van der Waals surface area (Å²) in [5, 5.41) is 3.18. The number of carbonyl (C=O) groups is 1. The molecule has 0 unspecified atom stereocenters. The van der Waals surface area contributed by atoms with Gasteiger partial charge in [0.1, 0.15) is 11.4 Å². The number of carbonyl (C=O) groups excluding carboxylic acids is 1. The van der Waals surface area contributed by atoms with E-state index >= 15 is 0 Å². The van der Waals surface area contributed by atoms with Crippen LogP contribution in [-0.4, -0.2) is 15.5 Å². The molecule has 1 amide bonds. The van der Waals surface area contributed by atoms with Gasteiger partial charge in [-0.3, -0.25) is 9.59 Å². The Morgan fingerprint density at radius 2 is 1.95 bits per heavy atom. The van der Waals surface area contributed by atoms with E-state index in [4.69, 9.17) is 0 Å². The van der Waals surface area contributed by atoms with Gasteiger partial charge in [-0.25, -0.2) is 4.98 Å². The lowest BCUT2D eigenvalue weighted by molar-refractivity contribution is 0.102. The first-order chi connectivity index (χ1) is 10.6. The maximum Gasteiger partial charge on any atom is 0.262 e. The molecule has 5 heteroatoms. The lowest BCUT2D eigenvalue weighted by atomic mass is 10.1. The Bertz CT molecular complexity index is 911. The van der Waals surface area contributed by atoms with E-state index in [2.05, 4.69) is 10.3 Å². The first-order valence-corrected chi connectivity index (χ1v) is 6.88. The number of anilines is 1. The molecule has 2 heterocycles. The predicted molar refractivity (Wildman–Crippen MR) is 86.1 cm³/mol. The van der Waals surface area contributed by atoms with Crippen LogP contribution >= 0.6 is 0 Å².